The number of hydrogen-bond donors (Lipinski definition) is 0. The van der Waals surface area contributed by atoms with Crippen LogP contribution in [0.2, 0.25) is 0 Å². The van der Waals surface area contributed by atoms with Crippen molar-refractivity contribution in [2.45, 2.75) is 12.0 Å². The van der Waals surface area contributed by atoms with E-state index >= 15 is 0 Å². The van der Waals surface area contributed by atoms with E-state index in [4.69, 9.17) is 4.98 Å². The van der Waals surface area contributed by atoms with Crippen LogP contribution in [0.3, 0.4) is 0 Å². The molecule has 2 heteroatoms. The largest absolute Gasteiger partial charge is 0.318 e. The Morgan fingerprint density at radius 3 is 1.51 bits per heavy atom. The van der Waals surface area contributed by atoms with Crippen LogP contribution in [0.5, 0.6) is 0 Å². The first kappa shape index (κ1) is 31.5. The maximum atomic E-state index is 5.27. The van der Waals surface area contributed by atoms with Crippen molar-refractivity contribution in [1.29, 1.82) is 0 Å². The summed E-state index contributed by atoms with van der Waals surface area (Å²) in [6, 6.07) is 66.5. The van der Waals surface area contributed by atoms with Crippen molar-refractivity contribution < 1.29 is 0 Å². The molecule has 0 saturated heterocycles. The van der Waals surface area contributed by atoms with E-state index in [0.29, 0.717) is 5.92 Å². The van der Waals surface area contributed by atoms with Crippen molar-refractivity contribution in [2.24, 2.45) is 0 Å². The molecular weight excluding hydrogens is 665 g/mol. The maximum absolute atomic E-state index is 5.27. The van der Waals surface area contributed by atoms with Gasteiger partial charge in [0.15, 0.2) is 0 Å². The number of anilines is 2. The van der Waals surface area contributed by atoms with Crippen LogP contribution in [0, 0.1) is 0 Å². The minimum absolute atomic E-state index is 0.221. The van der Waals surface area contributed by atoms with Crippen LogP contribution in [0.15, 0.2) is 206 Å². The minimum Gasteiger partial charge on any atom is -0.318 e. The Bertz CT molecular complexity index is 2990. The van der Waals surface area contributed by atoms with Gasteiger partial charge in [0.25, 0.3) is 0 Å². The van der Waals surface area contributed by atoms with Gasteiger partial charge >= 0.3 is 0 Å². The molecule has 0 saturated carbocycles. The molecule has 2 aliphatic rings. The van der Waals surface area contributed by atoms with Gasteiger partial charge in [0.2, 0.25) is 0 Å². The summed E-state index contributed by atoms with van der Waals surface area (Å²) in [6.07, 6.45) is 8.93. The van der Waals surface area contributed by atoms with E-state index in [2.05, 4.69) is 211 Å². The number of aromatic nitrogens is 1. The zero-order chi connectivity index (χ0) is 36.3. The van der Waals surface area contributed by atoms with Gasteiger partial charge in [-0.05, 0) is 114 Å². The third-order valence-corrected chi connectivity index (χ3v) is 11.6. The summed E-state index contributed by atoms with van der Waals surface area (Å²) in [6.45, 7) is 0. The second-order valence-corrected chi connectivity index (χ2v) is 14.7. The number of nitrogens with zero attached hydrogens (tertiary/aromatic N) is 2. The number of benzene rings is 8. The Labute approximate surface area is 321 Å². The van der Waals surface area contributed by atoms with Gasteiger partial charge in [0.1, 0.15) is 5.82 Å². The normalized spacial score (nSPS) is 15.8. The molecule has 2 unspecified atom stereocenters. The lowest BCUT2D eigenvalue weighted by molar-refractivity contribution is 0.738. The quantitative estimate of drug-likeness (QED) is 0.166. The van der Waals surface area contributed by atoms with Gasteiger partial charge < -0.3 is 4.90 Å². The molecule has 1 aliphatic carbocycles. The van der Waals surface area contributed by atoms with Gasteiger partial charge in [0, 0.05) is 17.2 Å². The predicted molar refractivity (Wildman–Crippen MR) is 232 cm³/mol. The summed E-state index contributed by atoms with van der Waals surface area (Å²) in [5.41, 5.74) is 11.8. The Morgan fingerprint density at radius 1 is 0.364 bits per heavy atom. The van der Waals surface area contributed by atoms with Crippen molar-refractivity contribution in [1.82, 2.24) is 4.98 Å². The third-order valence-electron chi connectivity index (χ3n) is 11.6. The van der Waals surface area contributed by atoms with Crippen molar-refractivity contribution in [3.8, 4) is 44.6 Å². The first-order valence-electron chi connectivity index (χ1n) is 19.1. The monoisotopic (exact) mass is 700 g/mol. The molecule has 2 atom stereocenters. The SMILES string of the molecule is C1=CC2c3ccccc3N(c3cccc(-c4cccc(-c5cccc(-c6cccc(-c7ccc8c9ccccc9c9ccccc9c8c7)c6)c5)c4)n3)C2C=C1. The highest BCUT2D eigenvalue weighted by Gasteiger charge is 2.37. The Morgan fingerprint density at radius 2 is 0.855 bits per heavy atom. The van der Waals surface area contributed by atoms with Crippen LogP contribution in [0.25, 0.3) is 77.0 Å². The topological polar surface area (TPSA) is 16.1 Å². The van der Waals surface area contributed by atoms with Gasteiger partial charge in [-0.15, -0.1) is 0 Å². The molecule has 0 fully saturated rings. The molecule has 11 rings (SSSR count). The first-order chi connectivity index (χ1) is 27.3. The summed E-state index contributed by atoms with van der Waals surface area (Å²) in [7, 11) is 0. The number of hydrogen-bond acceptors (Lipinski definition) is 2. The molecule has 1 aliphatic heterocycles. The molecule has 2 nitrogen and oxygen atoms in total. The summed E-state index contributed by atoms with van der Waals surface area (Å²) < 4.78 is 0. The van der Waals surface area contributed by atoms with Crippen LogP contribution in [0.4, 0.5) is 11.5 Å². The average Bonchev–Trinajstić information content (AvgIpc) is 3.61. The van der Waals surface area contributed by atoms with Crippen LogP contribution < -0.4 is 4.90 Å². The zero-order valence-electron chi connectivity index (χ0n) is 30.2. The summed E-state index contributed by atoms with van der Waals surface area (Å²) in [5, 5.41) is 7.77. The van der Waals surface area contributed by atoms with E-state index < -0.39 is 0 Å². The molecule has 1 aromatic heterocycles. The number of allylic oxidation sites excluding steroid dienone is 2. The van der Waals surface area contributed by atoms with Gasteiger partial charge in [-0.1, -0.05) is 164 Å². The molecule has 0 bridgehead atoms. The molecule has 55 heavy (non-hydrogen) atoms. The smallest absolute Gasteiger partial charge is 0.134 e. The molecule has 2 heterocycles. The predicted octanol–water partition coefficient (Wildman–Crippen LogP) is 13.9. The molecule has 9 aromatic rings. The lowest BCUT2D eigenvalue weighted by Gasteiger charge is -2.28. The van der Waals surface area contributed by atoms with Crippen LogP contribution >= 0.6 is 0 Å². The molecule has 258 valence electrons. The van der Waals surface area contributed by atoms with Crippen molar-refractivity contribution in [3.05, 3.63) is 212 Å². The van der Waals surface area contributed by atoms with Gasteiger partial charge in [0.05, 0.1) is 11.7 Å². The Kier molecular flexibility index (Phi) is 7.34. The Hall–Kier alpha value is -7.03. The molecule has 8 aromatic carbocycles. The molecule has 0 N–H and O–H groups in total. The third kappa shape index (κ3) is 5.29. The molecule has 0 spiro atoms. The first-order valence-corrected chi connectivity index (χ1v) is 19.1. The number of rotatable bonds is 5. The number of para-hydroxylation sites is 1. The summed E-state index contributed by atoms with van der Waals surface area (Å²) in [5.74, 6) is 1.30. The summed E-state index contributed by atoms with van der Waals surface area (Å²) in [4.78, 5) is 7.67. The van der Waals surface area contributed by atoms with Crippen LogP contribution in [-0.2, 0) is 0 Å². The van der Waals surface area contributed by atoms with E-state index in [9.17, 15) is 0 Å². The lowest BCUT2D eigenvalue weighted by atomic mass is 9.91. The van der Waals surface area contributed by atoms with Gasteiger partial charge in [-0.25, -0.2) is 4.98 Å². The molecule has 0 amide bonds. The second kappa shape index (κ2) is 12.8. The Balaban J connectivity index is 0.926. The van der Waals surface area contributed by atoms with E-state index in [1.165, 1.54) is 76.9 Å². The van der Waals surface area contributed by atoms with Crippen LogP contribution in [0.1, 0.15) is 11.5 Å². The zero-order valence-corrected chi connectivity index (χ0v) is 30.2. The second-order valence-electron chi connectivity index (χ2n) is 14.7. The molecular formula is C53H36N2. The number of pyridine rings is 1. The van der Waals surface area contributed by atoms with Crippen molar-refractivity contribution >= 4 is 43.8 Å². The minimum atomic E-state index is 0.221. The fourth-order valence-corrected chi connectivity index (χ4v) is 8.98. The van der Waals surface area contributed by atoms with E-state index in [1.54, 1.807) is 0 Å². The fourth-order valence-electron chi connectivity index (χ4n) is 8.98. The maximum Gasteiger partial charge on any atom is 0.134 e. The van der Waals surface area contributed by atoms with Gasteiger partial charge in [-0.2, -0.15) is 0 Å². The standard InChI is InChI=1S/C53H36N2/c1-2-21-44-42(19-1)43-20-3-4-22-45(43)49-34-40(29-30-46(44)49)38-16-10-14-36(32-38)35-13-9-15-37(31-35)39-17-11-18-41(33-39)50-25-12-28-53(54-50)55-51-26-7-5-23-47(51)48-24-6-8-27-52(48)55/h1-34,47,51H. The highest BCUT2D eigenvalue weighted by atomic mass is 15.2. The molecule has 0 radical (unpaired) electrons. The van der Waals surface area contributed by atoms with E-state index in [-0.39, 0.29) is 6.04 Å². The highest BCUT2D eigenvalue weighted by Crippen LogP contribution is 2.47. The average molecular weight is 701 g/mol. The van der Waals surface area contributed by atoms with Gasteiger partial charge in [-0.3, -0.25) is 0 Å². The highest BCUT2D eigenvalue weighted by molar-refractivity contribution is 6.25. The summed E-state index contributed by atoms with van der Waals surface area (Å²) >= 11 is 0. The fraction of sp³-hybridized carbons (Fsp3) is 0.0377. The van der Waals surface area contributed by atoms with Crippen LogP contribution in [-0.4, -0.2) is 11.0 Å². The van der Waals surface area contributed by atoms with Crippen molar-refractivity contribution in [2.75, 3.05) is 4.90 Å². The lowest BCUT2D eigenvalue weighted by Crippen LogP contribution is -2.29. The van der Waals surface area contributed by atoms with E-state index in [1.807, 2.05) is 0 Å². The van der Waals surface area contributed by atoms with E-state index in [0.717, 1.165) is 17.1 Å². The van der Waals surface area contributed by atoms with Crippen molar-refractivity contribution in [3.63, 3.8) is 0 Å². The number of fused-ring (bicyclic) bond motifs is 9.